The minimum atomic E-state index is -0.758. The van der Waals surface area contributed by atoms with Crippen molar-refractivity contribution < 1.29 is 4.79 Å². The zero-order valence-corrected chi connectivity index (χ0v) is 16.2. The van der Waals surface area contributed by atoms with Crippen LogP contribution in [0.15, 0.2) is 70.5 Å². The lowest BCUT2D eigenvalue weighted by Crippen LogP contribution is -2.38. The maximum Gasteiger partial charge on any atom is 0.368 e. The van der Waals surface area contributed by atoms with Crippen molar-refractivity contribution >= 4 is 16.8 Å². The van der Waals surface area contributed by atoms with Crippen LogP contribution in [0.1, 0.15) is 13.0 Å². The number of rotatable bonds is 6. The lowest BCUT2D eigenvalue weighted by Gasteiger charge is -2.15. The van der Waals surface area contributed by atoms with Crippen LogP contribution < -0.4 is 16.6 Å². The number of nitrogens with zero attached hydrogens (tertiary/aromatic N) is 6. The summed E-state index contributed by atoms with van der Waals surface area (Å²) in [5, 5.41) is 10.9. The molecule has 1 N–H and O–H groups in total. The molecule has 2 aromatic heterocycles. The van der Waals surface area contributed by atoms with Crippen molar-refractivity contribution in [2.75, 3.05) is 6.54 Å². The first-order valence-electron chi connectivity index (χ1n) is 9.38. The van der Waals surface area contributed by atoms with Crippen LogP contribution in [0.5, 0.6) is 0 Å². The van der Waals surface area contributed by atoms with Crippen molar-refractivity contribution in [1.29, 1.82) is 0 Å². The van der Waals surface area contributed by atoms with E-state index in [4.69, 9.17) is 0 Å². The summed E-state index contributed by atoms with van der Waals surface area (Å²) in [6.07, 6.45) is 1.37. The molecule has 4 rings (SSSR count). The molecule has 0 fully saturated rings. The summed E-state index contributed by atoms with van der Waals surface area (Å²) in [4.78, 5) is 41.8. The molecule has 4 aromatic rings. The standard InChI is InChI=1S/C20H19N7O3/c1-14(25-13-22-17-10-6-5-9-16(17)19(25)29)18(28)21-11-12-26-20(30)27(24-23-26)15-7-3-2-4-8-15/h2-10,13-14H,11-12H2,1H3,(H,21,28)/t14-/m1/s1. The van der Waals surface area contributed by atoms with E-state index in [1.54, 1.807) is 55.5 Å². The quantitative estimate of drug-likeness (QED) is 0.500. The van der Waals surface area contributed by atoms with E-state index in [1.807, 2.05) is 6.07 Å². The van der Waals surface area contributed by atoms with Crippen molar-refractivity contribution in [2.24, 2.45) is 0 Å². The molecule has 1 amide bonds. The fourth-order valence-electron chi connectivity index (χ4n) is 3.06. The van der Waals surface area contributed by atoms with E-state index in [1.165, 1.54) is 20.3 Å². The smallest absolute Gasteiger partial charge is 0.352 e. The highest BCUT2D eigenvalue weighted by atomic mass is 16.2. The highest BCUT2D eigenvalue weighted by Gasteiger charge is 2.17. The third-order valence-corrected chi connectivity index (χ3v) is 4.75. The molecule has 0 radical (unpaired) electrons. The Morgan fingerprint density at radius 3 is 2.57 bits per heavy atom. The Hall–Kier alpha value is -4.08. The van der Waals surface area contributed by atoms with Gasteiger partial charge in [-0.2, -0.15) is 9.36 Å². The average Bonchev–Trinajstić information content (AvgIpc) is 3.14. The summed E-state index contributed by atoms with van der Waals surface area (Å²) >= 11 is 0. The van der Waals surface area contributed by atoms with Crippen LogP contribution in [0.3, 0.4) is 0 Å². The van der Waals surface area contributed by atoms with E-state index in [0.29, 0.717) is 16.6 Å². The number of fused-ring (bicyclic) bond motifs is 1. The molecule has 1 atom stereocenters. The Kier molecular flexibility index (Phi) is 5.21. The first-order valence-corrected chi connectivity index (χ1v) is 9.38. The number of benzene rings is 2. The SMILES string of the molecule is C[C@H](C(=O)NCCn1nnn(-c2ccccc2)c1=O)n1cnc2ccccc2c1=O. The van der Waals surface area contributed by atoms with Crippen molar-refractivity contribution in [2.45, 2.75) is 19.5 Å². The van der Waals surface area contributed by atoms with Crippen LogP contribution in [0.25, 0.3) is 16.6 Å². The molecule has 0 saturated carbocycles. The molecule has 152 valence electrons. The number of para-hydroxylation sites is 2. The Morgan fingerprint density at radius 2 is 1.77 bits per heavy atom. The number of tetrazole rings is 1. The van der Waals surface area contributed by atoms with Crippen molar-refractivity contribution in [3.8, 4) is 5.69 Å². The molecule has 0 bridgehead atoms. The molecular formula is C20H19N7O3. The second kappa shape index (κ2) is 8.11. The molecule has 10 heteroatoms. The molecule has 2 heterocycles. The van der Waals surface area contributed by atoms with Gasteiger partial charge >= 0.3 is 5.69 Å². The van der Waals surface area contributed by atoms with Crippen molar-refractivity contribution in [3.63, 3.8) is 0 Å². The van der Waals surface area contributed by atoms with Crippen LogP contribution >= 0.6 is 0 Å². The van der Waals surface area contributed by atoms with Gasteiger partial charge in [0.2, 0.25) is 5.91 Å². The molecule has 0 aliphatic rings. The minimum absolute atomic E-state index is 0.148. The van der Waals surface area contributed by atoms with Crippen LogP contribution in [0.2, 0.25) is 0 Å². The van der Waals surface area contributed by atoms with Crippen LogP contribution in [-0.2, 0) is 11.3 Å². The van der Waals surface area contributed by atoms with Gasteiger partial charge in [-0.15, -0.1) is 0 Å². The normalized spacial score (nSPS) is 12.0. The summed E-state index contributed by atoms with van der Waals surface area (Å²) in [5.74, 6) is -0.363. The van der Waals surface area contributed by atoms with Gasteiger partial charge in [-0.25, -0.2) is 9.78 Å². The maximum absolute atomic E-state index is 12.6. The van der Waals surface area contributed by atoms with Crippen molar-refractivity contribution in [3.05, 3.63) is 81.8 Å². The molecule has 2 aromatic carbocycles. The van der Waals surface area contributed by atoms with Gasteiger partial charge in [0.05, 0.1) is 29.5 Å². The van der Waals surface area contributed by atoms with Gasteiger partial charge in [0.1, 0.15) is 6.04 Å². The highest BCUT2D eigenvalue weighted by molar-refractivity contribution is 5.81. The lowest BCUT2D eigenvalue weighted by molar-refractivity contribution is -0.124. The largest absolute Gasteiger partial charge is 0.368 e. The van der Waals surface area contributed by atoms with E-state index in [0.717, 1.165) is 0 Å². The van der Waals surface area contributed by atoms with Crippen LogP contribution in [0.4, 0.5) is 0 Å². The predicted octanol–water partition coefficient (Wildman–Crippen LogP) is 0.516. The fourth-order valence-corrected chi connectivity index (χ4v) is 3.06. The first-order chi connectivity index (χ1) is 14.6. The Labute approximate surface area is 170 Å². The molecule has 0 saturated heterocycles. The minimum Gasteiger partial charge on any atom is -0.352 e. The van der Waals surface area contributed by atoms with Gasteiger partial charge in [0.15, 0.2) is 0 Å². The third-order valence-electron chi connectivity index (χ3n) is 4.75. The third kappa shape index (κ3) is 3.62. The zero-order valence-electron chi connectivity index (χ0n) is 16.2. The predicted molar refractivity (Wildman–Crippen MR) is 109 cm³/mol. The lowest BCUT2D eigenvalue weighted by atomic mass is 10.2. The number of carbonyl (C=O) groups is 1. The number of aromatic nitrogens is 6. The van der Waals surface area contributed by atoms with Gasteiger partial charge in [0.25, 0.3) is 5.56 Å². The molecule has 0 unspecified atom stereocenters. The first kappa shape index (κ1) is 19.2. The second-order valence-corrected chi connectivity index (χ2v) is 6.67. The zero-order chi connectivity index (χ0) is 21.1. The Balaban J connectivity index is 1.42. The summed E-state index contributed by atoms with van der Waals surface area (Å²) in [6.45, 7) is 1.92. The fraction of sp³-hybridized carbons (Fsp3) is 0.200. The average molecular weight is 405 g/mol. The number of hydrogen-bond donors (Lipinski definition) is 1. The van der Waals surface area contributed by atoms with Gasteiger partial charge in [-0.05, 0) is 41.6 Å². The van der Waals surface area contributed by atoms with Gasteiger partial charge in [-0.3, -0.25) is 14.2 Å². The van der Waals surface area contributed by atoms with E-state index in [2.05, 4.69) is 20.7 Å². The number of nitrogens with one attached hydrogen (secondary N) is 1. The van der Waals surface area contributed by atoms with Crippen LogP contribution in [0, 0.1) is 0 Å². The van der Waals surface area contributed by atoms with E-state index in [-0.39, 0.29) is 24.6 Å². The molecule has 0 aliphatic carbocycles. The molecule has 0 aliphatic heterocycles. The van der Waals surface area contributed by atoms with Gasteiger partial charge in [0, 0.05) is 6.54 Å². The molecular weight excluding hydrogens is 386 g/mol. The van der Waals surface area contributed by atoms with Gasteiger partial charge < -0.3 is 5.32 Å². The van der Waals surface area contributed by atoms with E-state index >= 15 is 0 Å². The second-order valence-electron chi connectivity index (χ2n) is 6.67. The summed E-state index contributed by atoms with van der Waals surface area (Å²) < 4.78 is 3.64. The highest BCUT2D eigenvalue weighted by Crippen LogP contribution is 2.08. The summed E-state index contributed by atoms with van der Waals surface area (Å²) in [7, 11) is 0. The van der Waals surface area contributed by atoms with E-state index < -0.39 is 11.7 Å². The topological polar surface area (TPSA) is 117 Å². The monoisotopic (exact) mass is 405 g/mol. The Morgan fingerprint density at radius 1 is 1.03 bits per heavy atom. The molecule has 30 heavy (non-hydrogen) atoms. The number of carbonyl (C=O) groups excluding carboxylic acids is 1. The van der Waals surface area contributed by atoms with Crippen molar-refractivity contribution in [1.82, 2.24) is 34.7 Å². The molecule has 10 nitrogen and oxygen atoms in total. The van der Waals surface area contributed by atoms with Gasteiger partial charge in [-0.1, -0.05) is 30.3 Å². The summed E-state index contributed by atoms with van der Waals surface area (Å²) in [6, 6.07) is 15.1. The van der Waals surface area contributed by atoms with E-state index in [9.17, 15) is 14.4 Å². The molecule has 0 spiro atoms. The van der Waals surface area contributed by atoms with Crippen LogP contribution in [-0.4, -0.2) is 41.8 Å². The maximum atomic E-state index is 12.6. The number of hydrogen-bond acceptors (Lipinski definition) is 6. The number of amides is 1. The summed E-state index contributed by atoms with van der Waals surface area (Å²) in [5.41, 5.74) is 0.491. The Bertz CT molecular complexity index is 1310.